The van der Waals surface area contributed by atoms with E-state index in [4.69, 9.17) is 9.47 Å². The maximum absolute atomic E-state index is 13.2. The molecule has 138 valence electrons. The first kappa shape index (κ1) is 17.7. The Balaban J connectivity index is 1.78. The number of Topliss-reactive ketones (excluding diaryl/α,β-unsaturated/α-hetero) is 1. The molecule has 0 N–H and O–H groups in total. The van der Waals surface area contributed by atoms with Crippen molar-refractivity contribution in [3.8, 4) is 5.75 Å². The number of para-hydroxylation sites is 1. The molecule has 1 unspecified atom stereocenters. The van der Waals surface area contributed by atoms with Gasteiger partial charge in [0, 0.05) is 5.57 Å². The molecule has 0 aromatic heterocycles. The predicted octanol–water partition coefficient (Wildman–Crippen LogP) is 4.87. The maximum atomic E-state index is 13.2. The van der Waals surface area contributed by atoms with Gasteiger partial charge in [-0.05, 0) is 41.5 Å². The Labute approximate surface area is 163 Å². The van der Waals surface area contributed by atoms with E-state index in [-0.39, 0.29) is 5.78 Å². The highest BCUT2D eigenvalue weighted by atomic mass is 16.5. The SMILES string of the molecule is COC(=O)c1ccc(/C=C2\C(=O)c3ccccc3OC2c2ccccc2)cc1. The van der Waals surface area contributed by atoms with Gasteiger partial charge in [-0.1, -0.05) is 54.6 Å². The van der Waals surface area contributed by atoms with Crippen molar-refractivity contribution in [2.75, 3.05) is 7.11 Å². The van der Waals surface area contributed by atoms with Crippen LogP contribution < -0.4 is 4.74 Å². The lowest BCUT2D eigenvalue weighted by atomic mass is 9.89. The summed E-state index contributed by atoms with van der Waals surface area (Å²) < 4.78 is 10.9. The molecule has 1 aliphatic heterocycles. The van der Waals surface area contributed by atoms with Gasteiger partial charge in [-0.25, -0.2) is 4.79 Å². The third-order valence-electron chi connectivity index (χ3n) is 4.68. The van der Waals surface area contributed by atoms with Gasteiger partial charge in [0.25, 0.3) is 0 Å². The zero-order chi connectivity index (χ0) is 19.5. The summed E-state index contributed by atoms with van der Waals surface area (Å²) in [4.78, 5) is 24.8. The molecule has 4 nitrogen and oxygen atoms in total. The van der Waals surface area contributed by atoms with Gasteiger partial charge in [0.15, 0.2) is 11.9 Å². The van der Waals surface area contributed by atoms with E-state index in [1.807, 2.05) is 54.6 Å². The van der Waals surface area contributed by atoms with E-state index in [0.717, 1.165) is 11.1 Å². The monoisotopic (exact) mass is 370 g/mol. The molecule has 0 radical (unpaired) electrons. The fraction of sp³-hybridized carbons (Fsp3) is 0.0833. The molecular weight excluding hydrogens is 352 g/mol. The van der Waals surface area contributed by atoms with Crippen LogP contribution in [0.5, 0.6) is 5.75 Å². The number of hydrogen-bond donors (Lipinski definition) is 0. The Morgan fingerprint density at radius 3 is 2.32 bits per heavy atom. The third-order valence-corrected chi connectivity index (χ3v) is 4.68. The first-order valence-corrected chi connectivity index (χ1v) is 8.92. The molecule has 3 aromatic rings. The van der Waals surface area contributed by atoms with Crippen molar-refractivity contribution in [1.82, 2.24) is 0 Å². The van der Waals surface area contributed by atoms with Crippen LogP contribution in [0.3, 0.4) is 0 Å². The number of esters is 1. The van der Waals surface area contributed by atoms with Crippen molar-refractivity contribution >= 4 is 17.8 Å². The predicted molar refractivity (Wildman–Crippen MR) is 106 cm³/mol. The Hall–Kier alpha value is -3.66. The van der Waals surface area contributed by atoms with Crippen LogP contribution >= 0.6 is 0 Å². The van der Waals surface area contributed by atoms with Crippen LogP contribution in [-0.2, 0) is 4.74 Å². The van der Waals surface area contributed by atoms with Crippen molar-refractivity contribution in [1.29, 1.82) is 0 Å². The molecule has 1 atom stereocenters. The molecule has 0 saturated carbocycles. The average molecular weight is 370 g/mol. The lowest BCUT2D eigenvalue weighted by molar-refractivity contribution is 0.0600. The molecule has 0 fully saturated rings. The standard InChI is InChI=1S/C24H18O4/c1-27-24(26)18-13-11-16(12-14-18)15-20-22(25)19-9-5-6-10-21(19)28-23(20)17-7-3-2-4-8-17/h2-15,23H,1H3/b20-15+. The van der Waals surface area contributed by atoms with Gasteiger partial charge in [-0.2, -0.15) is 0 Å². The lowest BCUT2D eigenvalue weighted by Crippen LogP contribution is -2.23. The second-order valence-corrected chi connectivity index (χ2v) is 6.45. The van der Waals surface area contributed by atoms with Gasteiger partial charge in [-0.3, -0.25) is 4.79 Å². The molecule has 0 bridgehead atoms. The minimum Gasteiger partial charge on any atom is -0.480 e. The number of hydrogen-bond acceptors (Lipinski definition) is 4. The zero-order valence-electron chi connectivity index (χ0n) is 15.3. The molecule has 4 rings (SSSR count). The summed E-state index contributed by atoms with van der Waals surface area (Å²) in [6, 6.07) is 23.9. The fourth-order valence-electron chi connectivity index (χ4n) is 3.25. The van der Waals surface area contributed by atoms with Gasteiger partial charge in [0.05, 0.1) is 18.2 Å². The second kappa shape index (κ2) is 7.53. The minimum absolute atomic E-state index is 0.0623. The molecule has 1 aliphatic rings. The lowest BCUT2D eigenvalue weighted by Gasteiger charge is -2.28. The Morgan fingerprint density at radius 2 is 1.61 bits per heavy atom. The topological polar surface area (TPSA) is 52.6 Å². The largest absolute Gasteiger partial charge is 0.480 e. The number of rotatable bonds is 3. The van der Waals surface area contributed by atoms with Crippen molar-refractivity contribution in [2.24, 2.45) is 0 Å². The molecule has 3 aromatic carbocycles. The van der Waals surface area contributed by atoms with E-state index in [0.29, 0.717) is 22.4 Å². The quantitative estimate of drug-likeness (QED) is 0.487. The van der Waals surface area contributed by atoms with Gasteiger partial charge < -0.3 is 9.47 Å². The van der Waals surface area contributed by atoms with Crippen LogP contribution in [0.1, 0.15) is 37.9 Å². The van der Waals surface area contributed by atoms with Crippen LogP contribution in [0.25, 0.3) is 6.08 Å². The first-order chi connectivity index (χ1) is 13.7. The number of benzene rings is 3. The summed E-state index contributed by atoms with van der Waals surface area (Å²) in [5.74, 6) is 0.125. The minimum atomic E-state index is -0.496. The summed E-state index contributed by atoms with van der Waals surface area (Å²) in [7, 11) is 1.35. The average Bonchev–Trinajstić information content (AvgIpc) is 2.76. The van der Waals surface area contributed by atoms with Crippen LogP contribution in [-0.4, -0.2) is 18.9 Å². The van der Waals surface area contributed by atoms with Gasteiger partial charge >= 0.3 is 5.97 Å². The molecule has 0 saturated heterocycles. The van der Waals surface area contributed by atoms with Gasteiger partial charge in [-0.15, -0.1) is 0 Å². The van der Waals surface area contributed by atoms with Crippen LogP contribution in [0, 0.1) is 0 Å². The molecular formula is C24H18O4. The highest BCUT2D eigenvalue weighted by Crippen LogP contribution is 2.39. The fourth-order valence-corrected chi connectivity index (χ4v) is 3.25. The summed E-state index contributed by atoms with van der Waals surface area (Å²) in [6.45, 7) is 0. The molecule has 0 spiro atoms. The zero-order valence-corrected chi connectivity index (χ0v) is 15.3. The highest BCUT2D eigenvalue weighted by Gasteiger charge is 2.32. The molecule has 0 aliphatic carbocycles. The number of carbonyl (C=O) groups is 2. The summed E-state index contributed by atoms with van der Waals surface area (Å²) in [5.41, 5.74) is 3.27. The molecule has 1 heterocycles. The number of carbonyl (C=O) groups excluding carboxylic acids is 2. The smallest absolute Gasteiger partial charge is 0.337 e. The van der Waals surface area contributed by atoms with Gasteiger partial charge in [0.2, 0.25) is 0 Å². The number of ether oxygens (including phenoxy) is 2. The van der Waals surface area contributed by atoms with Crippen LogP contribution in [0.2, 0.25) is 0 Å². The van der Waals surface area contributed by atoms with E-state index in [1.54, 1.807) is 30.3 Å². The van der Waals surface area contributed by atoms with E-state index in [1.165, 1.54) is 7.11 Å². The highest BCUT2D eigenvalue weighted by molar-refractivity contribution is 6.14. The molecule has 28 heavy (non-hydrogen) atoms. The number of fused-ring (bicyclic) bond motifs is 1. The Kier molecular flexibility index (Phi) is 4.77. The van der Waals surface area contributed by atoms with E-state index < -0.39 is 12.1 Å². The Morgan fingerprint density at radius 1 is 0.929 bits per heavy atom. The van der Waals surface area contributed by atoms with E-state index >= 15 is 0 Å². The maximum Gasteiger partial charge on any atom is 0.337 e. The summed E-state index contributed by atoms with van der Waals surface area (Å²) >= 11 is 0. The first-order valence-electron chi connectivity index (χ1n) is 8.92. The van der Waals surface area contributed by atoms with Crippen LogP contribution in [0.15, 0.2) is 84.4 Å². The number of methoxy groups -OCH3 is 1. The van der Waals surface area contributed by atoms with Crippen molar-refractivity contribution in [3.63, 3.8) is 0 Å². The Bertz CT molecular complexity index is 1050. The summed E-state index contributed by atoms with van der Waals surface area (Å²) in [6.07, 6.45) is 1.32. The van der Waals surface area contributed by atoms with Crippen LogP contribution in [0.4, 0.5) is 0 Å². The van der Waals surface area contributed by atoms with Crippen molar-refractivity contribution in [2.45, 2.75) is 6.10 Å². The molecule has 0 amide bonds. The van der Waals surface area contributed by atoms with E-state index in [2.05, 4.69) is 0 Å². The van der Waals surface area contributed by atoms with Gasteiger partial charge in [0.1, 0.15) is 5.75 Å². The van der Waals surface area contributed by atoms with E-state index in [9.17, 15) is 9.59 Å². The van der Waals surface area contributed by atoms with Crippen molar-refractivity contribution in [3.05, 3.63) is 107 Å². The number of ketones is 1. The molecule has 4 heteroatoms. The third kappa shape index (κ3) is 3.32. The normalized spacial score (nSPS) is 17.0. The van der Waals surface area contributed by atoms with Crippen molar-refractivity contribution < 1.29 is 19.1 Å². The summed E-state index contributed by atoms with van der Waals surface area (Å²) in [5, 5.41) is 0. The second-order valence-electron chi connectivity index (χ2n) is 6.45.